The number of aliphatic hydroxyl groups excluding tert-OH is 1. The van der Waals surface area contributed by atoms with Gasteiger partial charge >= 0.3 is 0 Å². The third kappa shape index (κ3) is 5.17. The van der Waals surface area contributed by atoms with Gasteiger partial charge in [0.05, 0.1) is 6.04 Å². The monoisotopic (exact) mass is 407 g/mol. The van der Waals surface area contributed by atoms with E-state index >= 15 is 0 Å². The van der Waals surface area contributed by atoms with E-state index in [-0.39, 0.29) is 24.0 Å². The van der Waals surface area contributed by atoms with Crippen molar-refractivity contribution in [2.75, 3.05) is 0 Å². The molecule has 1 saturated carbocycles. The Bertz CT molecular complexity index is 850. The minimum atomic E-state index is -0.726. The summed E-state index contributed by atoms with van der Waals surface area (Å²) in [6.45, 7) is 5.86. The van der Waals surface area contributed by atoms with Crippen LogP contribution in [-0.2, 0) is 9.53 Å². The molecule has 6 nitrogen and oxygen atoms in total. The molecule has 0 radical (unpaired) electrons. The highest BCUT2D eigenvalue weighted by molar-refractivity contribution is 5.98. The average Bonchev–Trinajstić information content (AvgIpc) is 3.11. The van der Waals surface area contributed by atoms with Gasteiger partial charge in [-0.15, -0.1) is 0 Å². The van der Waals surface area contributed by atoms with Crippen LogP contribution in [0.4, 0.5) is 0 Å². The number of nitrogens with zero attached hydrogens (tertiary/aromatic N) is 3. The number of carbonyl (C=O) groups excluding carboxylic acids is 1. The number of likely N-dealkylation sites (tertiary alicyclic amines) is 1. The lowest BCUT2D eigenvalue weighted by molar-refractivity contribution is -0.152. The minimum absolute atomic E-state index is 0.00214. The number of nitriles is 1. The second-order valence-corrected chi connectivity index (χ2v) is 7.86. The SMILES string of the molecule is C=C(/C=C\N=C(C#N)CCC)OC1CC(C(=O)N2C(O)CCC2c2ccccc2)C1. The predicted molar refractivity (Wildman–Crippen MR) is 115 cm³/mol. The summed E-state index contributed by atoms with van der Waals surface area (Å²) in [5.74, 6) is 0.322. The number of rotatable bonds is 8. The van der Waals surface area contributed by atoms with E-state index in [0.717, 1.165) is 18.4 Å². The quantitative estimate of drug-likeness (QED) is 0.396. The predicted octanol–water partition coefficient (Wildman–Crippen LogP) is 4.26. The number of benzene rings is 1. The van der Waals surface area contributed by atoms with Crippen molar-refractivity contribution in [2.45, 2.75) is 63.8 Å². The summed E-state index contributed by atoms with van der Waals surface area (Å²) in [7, 11) is 0. The topological polar surface area (TPSA) is 85.9 Å². The van der Waals surface area contributed by atoms with Crippen molar-refractivity contribution in [3.63, 3.8) is 0 Å². The van der Waals surface area contributed by atoms with Crippen LogP contribution in [0.3, 0.4) is 0 Å². The molecule has 1 amide bonds. The van der Waals surface area contributed by atoms with Crippen molar-refractivity contribution in [1.82, 2.24) is 4.90 Å². The smallest absolute Gasteiger partial charge is 0.228 e. The zero-order valence-corrected chi connectivity index (χ0v) is 17.4. The lowest BCUT2D eigenvalue weighted by atomic mass is 9.81. The van der Waals surface area contributed by atoms with Gasteiger partial charge in [0.15, 0.2) is 0 Å². The molecule has 158 valence electrons. The normalized spacial score (nSPS) is 26.3. The lowest BCUT2D eigenvalue weighted by Gasteiger charge is -2.39. The molecule has 1 aliphatic heterocycles. The summed E-state index contributed by atoms with van der Waals surface area (Å²) in [6.07, 6.45) is 6.48. The fraction of sp³-hybridized carbons (Fsp3) is 0.458. The molecule has 2 unspecified atom stereocenters. The van der Waals surface area contributed by atoms with Gasteiger partial charge in [-0.1, -0.05) is 43.8 Å². The highest BCUT2D eigenvalue weighted by Crippen LogP contribution is 2.40. The van der Waals surface area contributed by atoms with Gasteiger partial charge in [-0.2, -0.15) is 5.26 Å². The molecule has 0 bridgehead atoms. The van der Waals surface area contributed by atoms with Crippen LogP contribution in [0.2, 0.25) is 0 Å². The van der Waals surface area contributed by atoms with Gasteiger partial charge in [-0.05, 0) is 50.2 Å². The first-order chi connectivity index (χ1) is 14.5. The van der Waals surface area contributed by atoms with E-state index in [1.54, 1.807) is 11.0 Å². The van der Waals surface area contributed by atoms with Crippen LogP contribution < -0.4 is 0 Å². The molecule has 2 aliphatic rings. The van der Waals surface area contributed by atoms with Crippen LogP contribution >= 0.6 is 0 Å². The number of aliphatic imine (C=N–C) groups is 1. The fourth-order valence-corrected chi connectivity index (χ4v) is 4.02. The summed E-state index contributed by atoms with van der Waals surface area (Å²) in [5.41, 5.74) is 1.54. The van der Waals surface area contributed by atoms with Crippen molar-refractivity contribution in [3.8, 4) is 6.07 Å². The van der Waals surface area contributed by atoms with E-state index in [2.05, 4.69) is 17.6 Å². The van der Waals surface area contributed by atoms with Crippen LogP contribution in [0.1, 0.15) is 57.1 Å². The summed E-state index contributed by atoms with van der Waals surface area (Å²) >= 11 is 0. The summed E-state index contributed by atoms with van der Waals surface area (Å²) in [5, 5.41) is 19.4. The first kappa shape index (κ1) is 21.8. The maximum Gasteiger partial charge on any atom is 0.228 e. The maximum absolute atomic E-state index is 13.0. The van der Waals surface area contributed by atoms with E-state index in [9.17, 15) is 9.90 Å². The molecule has 3 rings (SSSR count). The van der Waals surface area contributed by atoms with Gasteiger partial charge in [-0.25, -0.2) is 4.99 Å². The van der Waals surface area contributed by atoms with Crippen molar-refractivity contribution >= 4 is 11.6 Å². The van der Waals surface area contributed by atoms with E-state index < -0.39 is 6.23 Å². The molecule has 6 heteroatoms. The molecule has 1 aromatic rings. The molecule has 1 heterocycles. The molecule has 30 heavy (non-hydrogen) atoms. The van der Waals surface area contributed by atoms with Crippen LogP contribution in [0.5, 0.6) is 0 Å². The Kier molecular flexibility index (Phi) is 7.42. The van der Waals surface area contributed by atoms with Gasteiger partial charge < -0.3 is 14.7 Å². The third-order valence-corrected chi connectivity index (χ3v) is 5.66. The zero-order chi connectivity index (χ0) is 21.5. The summed E-state index contributed by atoms with van der Waals surface area (Å²) < 4.78 is 5.78. The Morgan fingerprint density at radius 3 is 2.77 bits per heavy atom. The molecule has 2 atom stereocenters. The Hall–Kier alpha value is -2.91. The molecule has 1 saturated heterocycles. The molecule has 0 aromatic heterocycles. The molecule has 1 N–H and O–H groups in total. The van der Waals surface area contributed by atoms with Crippen LogP contribution in [0, 0.1) is 17.2 Å². The van der Waals surface area contributed by atoms with Gasteiger partial charge in [0.1, 0.15) is 29.9 Å². The van der Waals surface area contributed by atoms with Gasteiger partial charge in [0, 0.05) is 12.1 Å². The Labute approximate surface area is 178 Å². The number of carbonyl (C=O) groups is 1. The maximum atomic E-state index is 13.0. The van der Waals surface area contributed by atoms with E-state index in [0.29, 0.717) is 37.2 Å². The highest BCUT2D eigenvalue weighted by atomic mass is 16.5. The van der Waals surface area contributed by atoms with Crippen molar-refractivity contribution in [3.05, 3.63) is 60.5 Å². The third-order valence-electron chi connectivity index (χ3n) is 5.66. The van der Waals surface area contributed by atoms with Gasteiger partial charge in [0.2, 0.25) is 5.91 Å². The second kappa shape index (κ2) is 10.2. The molecular weight excluding hydrogens is 378 g/mol. The van der Waals surface area contributed by atoms with Crippen LogP contribution in [-0.4, -0.2) is 34.0 Å². The van der Waals surface area contributed by atoms with Crippen LogP contribution in [0.15, 0.2) is 59.9 Å². The molecular formula is C24H29N3O3. The fourth-order valence-electron chi connectivity index (χ4n) is 4.02. The van der Waals surface area contributed by atoms with Crippen molar-refractivity contribution in [1.29, 1.82) is 5.26 Å². The number of ether oxygens (including phenoxy) is 1. The first-order valence-corrected chi connectivity index (χ1v) is 10.6. The first-order valence-electron chi connectivity index (χ1n) is 10.6. The summed E-state index contributed by atoms with van der Waals surface area (Å²) in [4.78, 5) is 18.8. The molecule has 1 aromatic carbocycles. The van der Waals surface area contributed by atoms with E-state index in [1.165, 1.54) is 6.20 Å². The van der Waals surface area contributed by atoms with E-state index in [4.69, 9.17) is 10.00 Å². The molecule has 0 spiro atoms. The Morgan fingerprint density at radius 2 is 2.10 bits per heavy atom. The number of amides is 1. The standard InChI is InChI=1S/C24H29N3O3/c1-3-7-20(16-25)26-13-12-17(2)30-21-14-19(15-21)24(29)27-22(10-11-23(27)28)18-8-5-4-6-9-18/h4-6,8-9,12-13,19,21-23,28H,2-3,7,10-11,14-15H2,1H3/b13-12-,26-20?. The Morgan fingerprint density at radius 1 is 1.37 bits per heavy atom. The number of hydrogen-bond acceptors (Lipinski definition) is 5. The number of aliphatic hydroxyl groups is 1. The number of allylic oxidation sites excluding steroid dienone is 1. The minimum Gasteiger partial charge on any atom is -0.491 e. The van der Waals surface area contributed by atoms with Crippen molar-refractivity contribution in [2.24, 2.45) is 10.9 Å². The van der Waals surface area contributed by atoms with Crippen molar-refractivity contribution < 1.29 is 14.6 Å². The average molecular weight is 408 g/mol. The largest absolute Gasteiger partial charge is 0.491 e. The summed E-state index contributed by atoms with van der Waals surface area (Å²) in [6, 6.07) is 11.9. The zero-order valence-electron chi connectivity index (χ0n) is 17.4. The van der Waals surface area contributed by atoms with E-state index in [1.807, 2.05) is 37.3 Å². The molecule has 1 aliphatic carbocycles. The number of hydrogen-bond donors (Lipinski definition) is 1. The molecule has 2 fully saturated rings. The lowest BCUT2D eigenvalue weighted by Crippen LogP contribution is -2.47. The van der Waals surface area contributed by atoms with Crippen LogP contribution in [0.25, 0.3) is 0 Å². The van der Waals surface area contributed by atoms with Gasteiger partial charge in [-0.3, -0.25) is 4.79 Å². The highest BCUT2D eigenvalue weighted by Gasteiger charge is 2.44. The Balaban J connectivity index is 1.50. The second-order valence-electron chi connectivity index (χ2n) is 7.86. The van der Waals surface area contributed by atoms with Gasteiger partial charge in [0.25, 0.3) is 0 Å².